The van der Waals surface area contributed by atoms with Gasteiger partial charge in [0.15, 0.2) is 17.8 Å². The predicted octanol–water partition coefficient (Wildman–Crippen LogP) is -0.927. The lowest BCUT2D eigenvalue weighted by Gasteiger charge is -2.39. The second-order valence-corrected chi connectivity index (χ2v) is 16.3. The third-order valence-corrected chi connectivity index (χ3v) is 12.0. The molecule has 3 rings (SSSR count). The van der Waals surface area contributed by atoms with Crippen molar-refractivity contribution in [2.24, 2.45) is 0 Å². The van der Waals surface area contributed by atoms with Gasteiger partial charge in [0, 0.05) is 65.6 Å². The van der Waals surface area contributed by atoms with Crippen LogP contribution in [0.3, 0.4) is 0 Å². The van der Waals surface area contributed by atoms with E-state index in [1.165, 1.54) is 45.4 Å². The summed E-state index contributed by atoms with van der Waals surface area (Å²) >= 11 is 0. The van der Waals surface area contributed by atoms with E-state index in [1.807, 2.05) is 5.32 Å². The lowest BCUT2D eigenvalue weighted by Crippen LogP contribution is -2.48. The molecule has 5 N–H and O–H groups in total. The lowest BCUT2D eigenvalue weighted by atomic mass is 10.1. The van der Waals surface area contributed by atoms with E-state index >= 15 is 0 Å². The number of carbonyl (C=O) groups excluding carboxylic acids is 4. The zero-order valence-electron chi connectivity index (χ0n) is 33.9. The smallest absolute Gasteiger partial charge is 0.361 e. The van der Waals surface area contributed by atoms with Gasteiger partial charge in [-0.2, -0.15) is 0 Å². The van der Waals surface area contributed by atoms with Crippen molar-refractivity contribution in [2.75, 3.05) is 54.7 Å². The Bertz CT molecular complexity index is 1730. The summed E-state index contributed by atoms with van der Waals surface area (Å²) in [6.07, 6.45) is -5.22. The molecule has 4 amide bonds. The quantitative estimate of drug-likeness (QED) is 0.0478. The highest BCUT2D eigenvalue weighted by Gasteiger charge is 2.56. The van der Waals surface area contributed by atoms with E-state index in [4.69, 9.17) is 37.5 Å². The SMILES string of the molecule is CCC(C)(OC1C(CO)OC(N(C)/C=C\C(=O)NC=O)C1OCCC(=O)NC)P(=O)(OC)OCC1OC(n2ccc(=O)[nH]c2=O)C(OCCC(=O)NC)C1OC(C)C. The van der Waals surface area contributed by atoms with Crippen LogP contribution >= 0.6 is 7.60 Å². The Morgan fingerprint density at radius 1 is 1.05 bits per heavy atom. The van der Waals surface area contributed by atoms with Gasteiger partial charge < -0.3 is 58.1 Å². The Morgan fingerprint density at radius 3 is 2.22 bits per heavy atom. The van der Waals surface area contributed by atoms with E-state index in [0.29, 0.717) is 0 Å². The fraction of sp³-hybridized carbons (Fsp3) is 0.714. The normalized spacial score (nSPS) is 26.6. The Labute approximate surface area is 335 Å². The molecule has 23 heteroatoms. The van der Waals surface area contributed by atoms with Gasteiger partial charge >= 0.3 is 13.3 Å². The van der Waals surface area contributed by atoms with Gasteiger partial charge in [0.05, 0.1) is 32.5 Å². The molecule has 0 saturated carbocycles. The van der Waals surface area contributed by atoms with Gasteiger partial charge in [0.1, 0.15) is 36.6 Å². The summed E-state index contributed by atoms with van der Waals surface area (Å²) in [5.74, 6) is -1.34. The number of nitrogens with one attached hydrogen (secondary N) is 4. The number of imide groups is 1. The monoisotopic (exact) mass is 848 g/mol. The highest BCUT2D eigenvalue weighted by atomic mass is 31.2. The number of hydrogen-bond donors (Lipinski definition) is 5. The van der Waals surface area contributed by atoms with E-state index in [-0.39, 0.29) is 50.7 Å². The molecule has 0 radical (unpaired) electrons. The molecule has 58 heavy (non-hydrogen) atoms. The second-order valence-electron chi connectivity index (χ2n) is 13.7. The number of H-pyrrole nitrogens is 1. The van der Waals surface area contributed by atoms with Gasteiger partial charge in [-0.25, -0.2) is 4.79 Å². The van der Waals surface area contributed by atoms with Crippen molar-refractivity contribution in [3.05, 3.63) is 45.4 Å². The van der Waals surface area contributed by atoms with E-state index in [2.05, 4.69) is 15.6 Å². The highest BCUT2D eigenvalue weighted by molar-refractivity contribution is 7.55. The maximum Gasteiger partial charge on any atom is 0.361 e. The number of likely N-dealkylation sites (N-methyl/N-ethyl adjacent to an activating group) is 1. The fourth-order valence-corrected chi connectivity index (χ4v) is 7.99. The fourth-order valence-electron chi connectivity index (χ4n) is 6.24. The Balaban J connectivity index is 1.97. The van der Waals surface area contributed by atoms with Crippen LogP contribution in [0.2, 0.25) is 0 Å². The second kappa shape index (κ2) is 22.5. The Morgan fingerprint density at radius 2 is 1.69 bits per heavy atom. The molecule has 2 saturated heterocycles. The zero-order valence-corrected chi connectivity index (χ0v) is 34.8. The van der Waals surface area contributed by atoms with E-state index in [1.54, 1.807) is 27.8 Å². The average molecular weight is 849 g/mol. The third-order valence-electron chi connectivity index (χ3n) is 9.48. The van der Waals surface area contributed by atoms with Crippen molar-refractivity contribution in [3.8, 4) is 0 Å². The zero-order chi connectivity index (χ0) is 43.2. The minimum absolute atomic E-state index is 0.0159. The van der Waals surface area contributed by atoms with Crippen LogP contribution in [0, 0.1) is 0 Å². The van der Waals surface area contributed by atoms with Crippen molar-refractivity contribution in [3.63, 3.8) is 0 Å². The minimum Gasteiger partial charge on any atom is -0.394 e. The van der Waals surface area contributed by atoms with E-state index in [9.17, 15) is 38.4 Å². The molecule has 0 bridgehead atoms. The van der Waals surface area contributed by atoms with Crippen LogP contribution in [0.25, 0.3) is 0 Å². The predicted molar refractivity (Wildman–Crippen MR) is 203 cm³/mol. The first kappa shape index (κ1) is 48.5. The first-order valence-corrected chi connectivity index (χ1v) is 20.2. The van der Waals surface area contributed by atoms with E-state index in [0.717, 1.165) is 16.7 Å². The number of carbonyl (C=O) groups is 4. The highest BCUT2D eigenvalue weighted by Crippen LogP contribution is 2.62. The number of aromatic amines is 1. The summed E-state index contributed by atoms with van der Waals surface area (Å²) in [5, 5.41) is 15.7. The van der Waals surface area contributed by atoms with Crippen molar-refractivity contribution in [1.29, 1.82) is 0 Å². The molecule has 0 aliphatic carbocycles. The molecule has 1 aromatic heterocycles. The lowest BCUT2D eigenvalue weighted by molar-refractivity contribution is -0.134. The van der Waals surface area contributed by atoms with E-state index < -0.39 is 98.5 Å². The average Bonchev–Trinajstić information content (AvgIpc) is 3.71. The summed E-state index contributed by atoms with van der Waals surface area (Å²) in [5.41, 5.74) is -1.44. The topological polar surface area (TPSA) is 274 Å². The molecule has 2 aliphatic heterocycles. The summed E-state index contributed by atoms with van der Waals surface area (Å²) in [6, 6.07) is 1.13. The molecule has 3 heterocycles. The third kappa shape index (κ3) is 12.4. The van der Waals surface area contributed by atoms with Gasteiger partial charge in [-0.15, -0.1) is 0 Å². The maximum absolute atomic E-state index is 14.9. The van der Waals surface area contributed by atoms with Crippen molar-refractivity contribution >= 4 is 31.7 Å². The summed E-state index contributed by atoms with van der Waals surface area (Å²) in [4.78, 5) is 75.2. The number of nitrogens with zero attached hydrogens (tertiary/aromatic N) is 2. The Hall–Kier alpha value is -3.83. The van der Waals surface area contributed by atoms with Crippen molar-refractivity contribution in [2.45, 2.75) is 107 Å². The van der Waals surface area contributed by atoms with Crippen LogP contribution in [0.15, 0.2) is 34.1 Å². The number of hydrogen-bond acceptors (Lipinski definition) is 17. The first-order chi connectivity index (χ1) is 27.5. The summed E-state index contributed by atoms with van der Waals surface area (Å²) in [6.45, 7) is 5.42. The molecule has 328 valence electrons. The number of ether oxygens (including phenoxy) is 6. The van der Waals surface area contributed by atoms with Gasteiger partial charge in [0.25, 0.3) is 11.5 Å². The molecule has 2 fully saturated rings. The van der Waals surface area contributed by atoms with Crippen LogP contribution in [-0.4, -0.2) is 153 Å². The molecule has 10 unspecified atom stereocenters. The molecule has 2 aliphatic rings. The largest absolute Gasteiger partial charge is 0.394 e. The maximum atomic E-state index is 14.9. The molecular formula is C35H57N6O16P. The Kier molecular flexibility index (Phi) is 18.8. The van der Waals surface area contributed by atoms with Crippen LogP contribution < -0.4 is 27.2 Å². The molecular weight excluding hydrogens is 791 g/mol. The standard InChI is InChI=1S/C35H57N6O16P/c1-9-35(4,57-29-22(18-42)55-32(31(29)52-17-13-25(45)37-6)40(7)14-10-26(46)38-20-43)58(49,50-8)53-19-23-28(54-21(2)3)30(51-16-12-24(44)36-5)33(56-23)41-15-11-27(47)39-34(41)48/h10-11,14-15,20-23,28-33,42H,9,12-13,16-19H2,1-8H3,(H,36,44)(H,37,45)(H,38,43,46)(H,39,47,48)/b14-10-. The molecule has 0 aromatic carbocycles. The summed E-state index contributed by atoms with van der Waals surface area (Å²) < 4.78 is 65.1. The molecule has 0 spiro atoms. The van der Waals surface area contributed by atoms with Crippen LogP contribution in [0.1, 0.15) is 53.2 Å². The molecule has 1 aromatic rings. The van der Waals surface area contributed by atoms with Crippen LogP contribution in [-0.2, 0) is 61.2 Å². The number of aromatic nitrogens is 2. The van der Waals surface area contributed by atoms with Crippen LogP contribution in [0.4, 0.5) is 0 Å². The van der Waals surface area contributed by atoms with Gasteiger partial charge in [-0.3, -0.25) is 43.4 Å². The number of amides is 4. The van der Waals surface area contributed by atoms with Gasteiger partial charge in [-0.1, -0.05) is 6.92 Å². The van der Waals surface area contributed by atoms with Crippen molar-refractivity contribution in [1.82, 2.24) is 30.4 Å². The number of aliphatic hydroxyl groups is 1. The van der Waals surface area contributed by atoms with Crippen molar-refractivity contribution < 1.29 is 66.3 Å². The van der Waals surface area contributed by atoms with Gasteiger partial charge in [-0.05, 0) is 27.2 Å². The molecule has 22 nitrogen and oxygen atoms in total. The van der Waals surface area contributed by atoms with Crippen LogP contribution in [0.5, 0.6) is 0 Å². The first-order valence-electron chi connectivity index (χ1n) is 18.7. The summed E-state index contributed by atoms with van der Waals surface area (Å²) in [7, 11) is 1.28. The van der Waals surface area contributed by atoms with Gasteiger partial charge in [0.2, 0.25) is 18.2 Å². The minimum atomic E-state index is -4.38. The number of aliphatic hydroxyl groups excluding tert-OH is 1. The molecule has 10 atom stereocenters. The number of rotatable bonds is 24.